The highest BCUT2D eigenvalue weighted by atomic mass is 31.2. The SMILES string of the molecule is CC/C=C\C/C=C\C/C=C\C/C=C\CCCCC(=O)NCCOP(=O)(O)OCC(O)COC(=O)CCCCCCCCCCCCCCC/C=C\C/C=C\CCCCC. The van der Waals surface area contributed by atoms with Crippen LogP contribution in [0.5, 0.6) is 0 Å². The average Bonchev–Trinajstić information content (AvgIpc) is 3.22. The fourth-order valence-corrected chi connectivity index (χ4v) is 6.86. The molecule has 2 atom stereocenters. The first-order valence-electron chi connectivity index (χ1n) is 23.4. The molecule has 0 bridgehead atoms. The molecule has 0 rings (SSSR count). The van der Waals surface area contributed by atoms with E-state index in [1.54, 1.807) is 0 Å². The normalized spacial score (nSPS) is 13.9. The number of nitrogens with one attached hydrogen (secondary N) is 1. The lowest BCUT2D eigenvalue weighted by atomic mass is 10.0. The number of phosphoric ester groups is 1. The number of allylic oxidation sites excluding steroid dienone is 12. The van der Waals surface area contributed by atoms with Crippen LogP contribution < -0.4 is 5.32 Å². The fraction of sp³-hybridized carbons (Fsp3) is 0.714. The number of amides is 1. The van der Waals surface area contributed by atoms with E-state index >= 15 is 0 Å². The van der Waals surface area contributed by atoms with E-state index in [0.717, 1.165) is 70.6 Å². The second-order valence-corrected chi connectivity index (χ2v) is 16.8. The minimum Gasteiger partial charge on any atom is -0.463 e. The van der Waals surface area contributed by atoms with E-state index in [4.69, 9.17) is 13.8 Å². The van der Waals surface area contributed by atoms with Crippen LogP contribution in [0, 0.1) is 0 Å². The molecule has 340 valence electrons. The van der Waals surface area contributed by atoms with Crippen LogP contribution in [-0.4, -0.2) is 54.3 Å². The first-order chi connectivity index (χ1) is 28.8. The second kappa shape index (κ2) is 45.0. The number of rotatable bonds is 43. The molecule has 0 aliphatic rings. The molecular weight excluding hydrogens is 762 g/mol. The summed E-state index contributed by atoms with van der Waals surface area (Å²) in [4.78, 5) is 33.9. The van der Waals surface area contributed by atoms with Gasteiger partial charge in [0, 0.05) is 19.4 Å². The van der Waals surface area contributed by atoms with Crippen molar-refractivity contribution in [2.24, 2.45) is 0 Å². The van der Waals surface area contributed by atoms with Crippen molar-refractivity contribution < 1.29 is 37.9 Å². The Morgan fingerprint density at radius 3 is 1.47 bits per heavy atom. The third-order valence-corrected chi connectivity index (χ3v) is 10.6. The molecule has 10 heteroatoms. The first kappa shape index (κ1) is 56.5. The largest absolute Gasteiger partial charge is 0.472 e. The van der Waals surface area contributed by atoms with Gasteiger partial charge >= 0.3 is 13.8 Å². The molecule has 59 heavy (non-hydrogen) atoms. The van der Waals surface area contributed by atoms with Crippen LogP contribution in [0.2, 0.25) is 0 Å². The van der Waals surface area contributed by atoms with Gasteiger partial charge in [0.1, 0.15) is 12.7 Å². The Morgan fingerprint density at radius 2 is 0.966 bits per heavy atom. The summed E-state index contributed by atoms with van der Waals surface area (Å²) in [6.45, 7) is 3.36. The second-order valence-electron chi connectivity index (χ2n) is 15.3. The van der Waals surface area contributed by atoms with E-state index in [1.807, 2.05) is 0 Å². The zero-order valence-corrected chi connectivity index (χ0v) is 38.3. The molecule has 3 N–H and O–H groups in total. The molecule has 0 saturated heterocycles. The highest BCUT2D eigenvalue weighted by Crippen LogP contribution is 2.42. The third-order valence-electron chi connectivity index (χ3n) is 9.62. The minimum atomic E-state index is -4.43. The Bertz CT molecular complexity index is 1190. The van der Waals surface area contributed by atoms with Crippen LogP contribution in [0.4, 0.5) is 0 Å². The number of esters is 1. The number of hydrogen-bond donors (Lipinski definition) is 3. The quantitative estimate of drug-likeness (QED) is 0.0239. The molecule has 0 aliphatic heterocycles. The number of carbonyl (C=O) groups excluding carboxylic acids is 2. The van der Waals surface area contributed by atoms with E-state index in [-0.39, 0.29) is 32.1 Å². The maximum atomic E-state index is 12.1. The summed E-state index contributed by atoms with van der Waals surface area (Å²) in [5, 5.41) is 12.7. The predicted molar refractivity (Wildman–Crippen MR) is 247 cm³/mol. The lowest BCUT2D eigenvalue weighted by Crippen LogP contribution is -2.27. The van der Waals surface area contributed by atoms with Gasteiger partial charge in [0.05, 0.1) is 13.2 Å². The van der Waals surface area contributed by atoms with Gasteiger partial charge in [0.15, 0.2) is 0 Å². The molecule has 0 aliphatic carbocycles. The third kappa shape index (κ3) is 46.4. The van der Waals surface area contributed by atoms with Crippen LogP contribution >= 0.6 is 7.82 Å². The summed E-state index contributed by atoms with van der Waals surface area (Å²) in [5.41, 5.74) is 0. The van der Waals surface area contributed by atoms with Crippen LogP contribution in [0.25, 0.3) is 0 Å². The predicted octanol–water partition coefficient (Wildman–Crippen LogP) is 13.4. The fourth-order valence-electron chi connectivity index (χ4n) is 6.11. The molecular formula is C49H86NO8P. The van der Waals surface area contributed by atoms with E-state index < -0.39 is 26.5 Å². The van der Waals surface area contributed by atoms with Crippen molar-refractivity contribution in [2.75, 3.05) is 26.4 Å². The Hall–Kier alpha value is -2.55. The molecule has 2 unspecified atom stereocenters. The topological polar surface area (TPSA) is 131 Å². The average molecular weight is 848 g/mol. The van der Waals surface area contributed by atoms with Crippen LogP contribution in [0.1, 0.15) is 194 Å². The van der Waals surface area contributed by atoms with Crippen LogP contribution in [-0.2, 0) is 27.9 Å². The molecule has 0 aromatic carbocycles. The molecule has 0 fully saturated rings. The smallest absolute Gasteiger partial charge is 0.463 e. The number of unbranched alkanes of at least 4 members (excludes halogenated alkanes) is 18. The number of aliphatic hydroxyl groups is 1. The van der Waals surface area contributed by atoms with Gasteiger partial charge in [0.25, 0.3) is 0 Å². The maximum absolute atomic E-state index is 12.1. The number of hydrogen-bond acceptors (Lipinski definition) is 7. The summed E-state index contributed by atoms with van der Waals surface area (Å²) in [5.74, 6) is -0.562. The number of phosphoric acid groups is 1. The van der Waals surface area contributed by atoms with Gasteiger partial charge in [-0.3, -0.25) is 18.6 Å². The number of aliphatic hydroxyl groups excluding tert-OH is 1. The van der Waals surface area contributed by atoms with Crippen molar-refractivity contribution in [2.45, 2.75) is 200 Å². The van der Waals surface area contributed by atoms with Crippen molar-refractivity contribution in [1.82, 2.24) is 5.32 Å². The van der Waals surface area contributed by atoms with Gasteiger partial charge in [-0.15, -0.1) is 0 Å². The van der Waals surface area contributed by atoms with E-state index in [1.165, 1.54) is 96.3 Å². The monoisotopic (exact) mass is 848 g/mol. The molecule has 9 nitrogen and oxygen atoms in total. The van der Waals surface area contributed by atoms with Crippen LogP contribution in [0.3, 0.4) is 0 Å². The highest BCUT2D eigenvalue weighted by Gasteiger charge is 2.23. The Kier molecular flexibility index (Phi) is 43.0. The van der Waals surface area contributed by atoms with Crippen molar-refractivity contribution in [3.05, 3.63) is 72.9 Å². The molecule has 0 saturated carbocycles. The van der Waals surface area contributed by atoms with E-state index in [9.17, 15) is 24.2 Å². The lowest BCUT2D eigenvalue weighted by molar-refractivity contribution is -0.147. The van der Waals surface area contributed by atoms with Crippen molar-refractivity contribution in [3.63, 3.8) is 0 Å². The standard InChI is InChI=1S/C49H86NO8P/c1-3-5-7-9-11-13-15-17-19-20-21-22-23-24-25-26-28-30-32-34-36-38-40-42-49(53)56-45-47(51)46-58-59(54,55)57-44-43-50-48(52)41-39-37-35-33-31-29-27-18-16-14-12-10-8-6-4-2/h6,8,11-14,17-19,27,31,33,47,51H,3-5,7,9-10,15-16,20-26,28-30,32,34-46H2,1-2H3,(H,50,52)(H,54,55)/b8-6-,13-11-,14-12-,19-17-,27-18-,33-31-. The van der Waals surface area contributed by atoms with E-state index in [2.05, 4.69) is 92.1 Å². The summed E-state index contributed by atoms with van der Waals surface area (Å²) in [6, 6.07) is 0. The van der Waals surface area contributed by atoms with Gasteiger partial charge in [0.2, 0.25) is 5.91 Å². The Balaban J connectivity index is 3.61. The summed E-state index contributed by atoms with van der Waals surface area (Å²) in [6.07, 6.45) is 55.6. The van der Waals surface area contributed by atoms with Gasteiger partial charge in [-0.25, -0.2) is 4.57 Å². The molecule has 0 spiro atoms. The molecule has 0 aromatic heterocycles. The highest BCUT2D eigenvalue weighted by molar-refractivity contribution is 7.47. The molecule has 0 heterocycles. The summed E-state index contributed by atoms with van der Waals surface area (Å²) < 4.78 is 26.9. The zero-order chi connectivity index (χ0) is 43.2. The van der Waals surface area contributed by atoms with Crippen molar-refractivity contribution in [3.8, 4) is 0 Å². The van der Waals surface area contributed by atoms with Gasteiger partial charge in [-0.05, 0) is 83.5 Å². The van der Waals surface area contributed by atoms with Gasteiger partial charge in [-0.1, -0.05) is 170 Å². The van der Waals surface area contributed by atoms with Gasteiger partial charge < -0.3 is 20.1 Å². The number of ether oxygens (including phenoxy) is 1. The van der Waals surface area contributed by atoms with Gasteiger partial charge in [-0.2, -0.15) is 0 Å². The van der Waals surface area contributed by atoms with Crippen LogP contribution in [0.15, 0.2) is 72.9 Å². The molecule has 1 amide bonds. The Labute approximate surface area is 360 Å². The van der Waals surface area contributed by atoms with Crippen molar-refractivity contribution in [1.29, 1.82) is 0 Å². The Morgan fingerprint density at radius 1 is 0.542 bits per heavy atom. The molecule has 0 radical (unpaired) electrons. The molecule has 0 aromatic rings. The van der Waals surface area contributed by atoms with E-state index in [0.29, 0.717) is 6.42 Å². The first-order valence-corrected chi connectivity index (χ1v) is 24.9. The number of carbonyl (C=O) groups is 2. The minimum absolute atomic E-state index is 0.0563. The maximum Gasteiger partial charge on any atom is 0.472 e. The summed E-state index contributed by atoms with van der Waals surface area (Å²) in [7, 11) is -4.43. The zero-order valence-electron chi connectivity index (χ0n) is 37.4. The summed E-state index contributed by atoms with van der Waals surface area (Å²) >= 11 is 0. The lowest BCUT2D eigenvalue weighted by Gasteiger charge is -2.15. The van der Waals surface area contributed by atoms with Crippen molar-refractivity contribution >= 4 is 19.7 Å².